The van der Waals surface area contributed by atoms with E-state index < -0.39 is 0 Å². The van der Waals surface area contributed by atoms with Gasteiger partial charge in [0.15, 0.2) is 0 Å². The van der Waals surface area contributed by atoms with Crippen LogP contribution in [0.2, 0.25) is 0 Å². The van der Waals surface area contributed by atoms with Gasteiger partial charge in [0.05, 0.1) is 25.7 Å². The van der Waals surface area contributed by atoms with Crippen LogP contribution in [0.15, 0.2) is 0 Å². The predicted molar refractivity (Wildman–Crippen MR) is 124 cm³/mol. The fraction of sp³-hybridized carbons (Fsp3) is 0.708. The molecule has 1 aromatic rings. The summed E-state index contributed by atoms with van der Waals surface area (Å²) in [6.45, 7) is 11.8. The lowest BCUT2D eigenvalue weighted by molar-refractivity contribution is -0.135. The first-order chi connectivity index (χ1) is 15.9. The summed E-state index contributed by atoms with van der Waals surface area (Å²) < 4.78 is 10.5. The normalized spacial score (nSPS) is 19.4. The number of ether oxygens (including phenoxy) is 2. The Bertz CT molecular complexity index is 831. The van der Waals surface area contributed by atoms with E-state index in [4.69, 9.17) is 9.47 Å². The van der Waals surface area contributed by atoms with Gasteiger partial charge in [0.1, 0.15) is 5.69 Å². The van der Waals surface area contributed by atoms with Gasteiger partial charge in [-0.1, -0.05) is 0 Å². The molecule has 2 aliphatic rings. The molecule has 0 radical (unpaired) electrons. The second-order valence-electron chi connectivity index (χ2n) is 8.87. The van der Waals surface area contributed by atoms with Crippen LogP contribution in [-0.4, -0.2) is 91.7 Å². The van der Waals surface area contributed by atoms with Crippen LogP contribution in [0, 0.1) is 19.8 Å². The molecule has 2 aliphatic heterocycles. The molecule has 0 spiro atoms. The highest BCUT2D eigenvalue weighted by Crippen LogP contribution is 2.22. The summed E-state index contributed by atoms with van der Waals surface area (Å²) in [7, 11) is 0. The molecule has 0 aliphatic carbocycles. The third kappa shape index (κ3) is 6.80. The number of carbonyl (C=O) groups excluding carboxylic acids is 3. The molecule has 1 atom stereocenters. The number of rotatable bonds is 9. The maximum atomic E-state index is 12.9. The maximum absolute atomic E-state index is 12.9. The lowest BCUT2D eigenvalue weighted by atomic mass is 9.96. The molecule has 9 heteroatoms. The Morgan fingerprint density at radius 1 is 1.18 bits per heavy atom. The third-order valence-electron chi connectivity index (χ3n) is 6.64. The molecule has 2 saturated heterocycles. The second kappa shape index (κ2) is 12.2. The third-order valence-corrected chi connectivity index (χ3v) is 6.64. The first-order valence-electron chi connectivity index (χ1n) is 12.1. The number of piperidine rings is 1. The molecule has 3 heterocycles. The first-order valence-corrected chi connectivity index (χ1v) is 12.1. The maximum Gasteiger partial charge on any atom is 0.355 e. The van der Waals surface area contributed by atoms with Gasteiger partial charge < -0.3 is 24.7 Å². The van der Waals surface area contributed by atoms with Crippen LogP contribution in [0.3, 0.4) is 0 Å². The Hall–Kier alpha value is -2.39. The highest BCUT2D eigenvalue weighted by molar-refractivity contribution is 5.90. The second-order valence-corrected chi connectivity index (χ2v) is 8.87. The van der Waals surface area contributed by atoms with Crippen LogP contribution in [0.4, 0.5) is 0 Å². The van der Waals surface area contributed by atoms with Crippen molar-refractivity contribution in [2.45, 2.75) is 46.5 Å². The summed E-state index contributed by atoms with van der Waals surface area (Å²) in [5.41, 5.74) is 3.18. The predicted octanol–water partition coefficient (Wildman–Crippen LogP) is 1.43. The van der Waals surface area contributed by atoms with E-state index in [1.807, 2.05) is 18.7 Å². The number of likely N-dealkylation sites (tertiary alicyclic amines) is 1. The summed E-state index contributed by atoms with van der Waals surface area (Å²) in [4.78, 5) is 44.9. The minimum absolute atomic E-state index is 0.0390. The number of morpholine rings is 1. The van der Waals surface area contributed by atoms with E-state index in [1.165, 1.54) is 0 Å². The number of aromatic nitrogens is 1. The van der Waals surface area contributed by atoms with Crippen molar-refractivity contribution in [1.29, 1.82) is 0 Å². The molecule has 184 valence electrons. The fourth-order valence-corrected chi connectivity index (χ4v) is 4.69. The molecule has 0 bridgehead atoms. The van der Waals surface area contributed by atoms with Crippen molar-refractivity contribution >= 4 is 17.8 Å². The van der Waals surface area contributed by atoms with Crippen molar-refractivity contribution in [1.82, 2.24) is 20.1 Å². The highest BCUT2D eigenvalue weighted by Gasteiger charge is 2.28. The van der Waals surface area contributed by atoms with Crippen molar-refractivity contribution in [3.63, 3.8) is 0 Å². The lowest BCUT2D eigenvalue weighted by Gasteiger charge is -2.32. The van der Waals surface area contributed by atoms with Crippen molar-refractivity contribution in [3.05, 3.63) is 22.5 Å². The number of hydrogen-bond donors (Lipinski definition) is 2. The molecule has 0 unspecified atom stereocenters. The van der Waals surface area contributed by atoms with Crippen LogP contribution >= 0.6 is 0 Å². The number of amides is 2. The van der Waals surface area contributed by atoms with Gasteiger partial charge in [0.2, 0.25) is 11.8 Å². The van der Waals surface area contributed by atoms with Crippen LogP contribution < -0.4 is 5.32 Å². The Kier molecular flexibility index (Phi) is 9.31. The Labute approximate surface area is 196 Å². The van der Waals surface area contributed by atoms with Gasteiger partial charge in [-0.25, -0.2) is 4.79 Å². The largest absolute Gasteiger partial charge is 0.461 e. The molecule has 9 nitrogen and oxygen atoms in total. The van der Waals surface area contributed by atoms with Gasteiger partial charge in [0.25, 0.3) is 0 Å². The molecular formula is C24H38N4O5. The average molecular weight is 463 g/mol. The molecular weight excluding hydrogens is 424 g/mol. The molecule has 1 aromatic heterocycles. The highest BCUT2D eigenvalue weighted by atomic mass is 16.5. The Balaban J connectivity index is 1.46. The van der Waals surface area contributed by atoms with Gasteiger partial charge in [-0.05, 0) is 51.2 Å². The van der Waals surface area contributed by atoms with E-state index >= 15 is 0 Å². The Morgan fingerprint density at radius 2 is 1.94 bits per heavy atom. The van der Waals surface area contributed by atoms with E-state index in [2.05, 4.69) is 15.2 Å². The number of carbonyl (C=O) groups is 3. The van der Waals surface area contributed by atoms with Crippen LogP contribution in [-0.2, 0) is 25.5 Å². The van der Waals surface area contributed by atoms with Gasteiger partial charge in [-0.15, -0.1) is 0 Å². The van der Waals surface area contributed by atoms with Crippen molar-refractivity contribution in [2.24, 2.45) is 5.92 Å². The van der Waals surface area contributed by atoms with E-state index in [-0.39, 0.29) is 23.7 Å². The van der Waals surface area contributed by atoms with E-state index in [0.717, 1.165) is 62.5 Å². The van der Waals surface area contributed by atoms with E-state index in [9.17, 15) is 14.4 Å². The number of hydrogen-bond acceptors (Lipinski definition) is 6. The topological polar surface area (TPSA) is 104 Å². The van der Waals surface area contributed by atoms with Crippen molar-refractivity contribution < 1.29 is 23.9 Å². The van der Waals surface area contributed by atoms with Crippen molar-refractivity contribution in [2.75, 3.05) is 59.1 Å². The van der Waals surface area contributed by atoms with Crippen LogP contribution in [0.5, 0.6) is 0 Å². The zero-order valence-corrected chi connectivity index (χ0v) is 20.2. The van der Waals surface area contributed by atoms with Crippen molar-refractivity contribution in [3.8, 4) is 0 Å². The Morgan fingerprint density at radius 3 is 2.67 bits per heavy atom. The molecule has 2 amide bonds. The van der Waals surface area contributed by atoms with Gasteiger partial charge in [-0.3, -0.25) is 14.5 Å². The van der Waals surface area contributed by atoms with Gasteiger partial charge in [0, 0.05) is 51.4 Å². The monoisotopic (exact) mass is 462 g/mol. The average Bonchev–Trinajstić information content (AvgIpc) is 3.11. The first kappa shape index (κ1) is 25.2. The summed E-state index contributed by atoms with van der Waals surface area (Å²) in [6.07, 6.45) is 2.56. The summed E-state index contributed by atoms with van der Waals surface area (Å²) in [5.74, 6) is -0.427. The standard InChI is InChI=1S/C24H38N4O5/c1-4-33-24(31)22-17(2)20(18(3)26-22)7-8-21(29)28-10-5-6-19(16-28)23(30)25-9-11-27-12-14-32-15-13-27/h19,26H,4-16H2,1-3H3,(H,25,30)/t19-/m0/s1. The number of aromatic amines is 1. The molecule has 2 N–H and O–H groups in total. The summed E-state index contributed by atoms with van der Waals surface area (Å²) in [5, 5.41) is 3.05. The van der Waals surface area contributed by atoms with E-state index in [1.54, 1.807) is 6.92 Å². The SMILES string of the molecule is CCOC(=O)c1[nH]c(C)c(CCC(=O)N2CCC[C@H](C(=O)NCCN3CCOCC3)C2)c1C. The summed E-state index contributed by atoms with van der Waals surface area (Å²) in [6, 6.07) is 0. The minimum Gasteiger partial charge on any atom is -0.461 e. The smallest absolute Gasteiger partial charge is 0.355 e. The zero-order chi connectivity index (χ0) is 23.8. The fourth-order valence-electron chi connectivity index (χ4n) is 4.69. The van der Waals surface area contributed by atoms with Gasteiger partial charge >= 0.3 is 5.97 Å². The number of nitrogens with one attached hydrogen (secondary N) is 2. The zero-order valence-electron chi connectivity index (χ0n) is 20.2. The quantitative estimate of drug-likeness (QED) is 0.538. The molecule has 0 aromatic carbocycles. The van der Waals surface area contributed by atoms with Crippen LogP contribution in [0.1, 0.15) is 53.5 Å². The molecule has 3 rings (SSSR count). The number of esters is 1. The minimum atomic E-state index is -0.366. The molecule has 33 heavy (non-hydrogen) atoms. The number of nitrogens with zero attached hydrogens (tertiary/aromatic N) is 2. The summed E-state index contributed by atoms with van der Waals surface area (Å²) >= 11 is 0. The molecule has 0 saturated carbocycles. The number of H-pyrrole nitrogens is 1. The van der Waals surface area contributed by atoms with E-state index in [0.29, 0.717) is 44.8 Å². The number of aryl methyl sites for hydroxylation is 1. The molecule has 2 fully saturated rings. The lowest BCUT2D eigenvalue weighted by Crippen LogP contribution is -2.47. The van der Waals surface area contributed by atoms with Gasteiger partial charge in [-0.2, -0.15) is 0 Å². The van der Waals surface area contributed by atoms with Crippen LogP contribution in [0.25, 0.3) is 0 Å².